The zero-order valence-electron chi connectivity index (χ0n) is 8.41. The van der Waals surface area contributed by atoms with Gasteiger partial charge in [0.15, 0.2) is 11.6 Å². The van der Waals surface area contributed by atoms with Crippen LogP contribution in [-0.2, 0) is 0 Å². The number of rotatable bonds is 2. The van der Waals surface area contributed by atoms with E-state index in [1.807, 2.05) is 6.07 Å². The molecule has 1 nitrogen and oxygen atoms in total. The highest BCUT2D eigenvalue weighted by Gasteiger charge is 2.01. The molecule has 14 heavy (non-hydrogen) atoms. The number of halogens is 1. The van der Waals surface area contributed by atoms with E-state index in [4.69, 9.17) is 6.11 Å². The first-order valence-corrected chi connectivity index (χ1v) is 4.25. The molecule has 2 heteroatoms. The first kappa shape index (κ1) is 7.56. The lowest BCUT2D eigenvalue weighted by Gasteiger charge is -2.05. The van der Waals surface area contributed by atoms with Crippen molar-refractivity contribution in [3.05, 3.63) is 60.4 Å². The molecule has 2 rings (SSSR count). The van der Waals surface area contributed by atoms with Gasteiger partial charge in [0.05, 0.1) is 1.37 Å². The van der Waals surface area contributed by atoms with E-state index in [1.165, 1.54) is 12.1 Å². The minimum atomic E-state index is -0.638. The van der Waals surface area contributed by atoms with Crippen molar-refractivity contribution in [1.82, 2.24) is 0 Å². The van der Waals surface area contributed by atoms with Crippen molar-refractivity contribution in [2.45, 2.75) is 0 Å². The van der Waals surface area contributed by atoms with Gasteiger partial charge in [-0.05, 0) is 24.2 Å². The summed E-state index contributed by atoms with van der Waals surface area (Å²) in [5, 5.41) is 0. The van der Waals surface area contributed by atoms with Crippen molar-refractivity contribution in [2.75, 3.05) is 0 Å². The Morgan fingerprint density at radius 1 is 1.00 bits per heavy atom. The summed E-state index contributed by atoms with van der Waals surface area (Å²) in [5.41, 5.74) is 0. The highest BCUT2D eigenvalue weighted by molar-refractivity contribution is 5.31. The maximum absolute atomic E-state index is 13.4. The van der Waals surface area contributed by atoms with E-state index >= 15 is 0 Å². The van der Waals surface area contributed by atoms with Crippen LogP contribution < -0.4 is 4.74 Å². The Bertz CT molecular complexity index is 456. The Kier molecular flexibility index (Phi) is 2.12. The maximum Gasteiger partial charge on any atom is 0.165 e. The topological polar surface area (TPSA) is 9.23 Å². The van der Waals surface area contributed by atoms with Crippen LogP contribution in [0.4, 0.5) is 4.39 Å². The molecule has 0 bridgehead atoms. The number of para-hydroxylation sites is 2. The zero-order chi connectivity index (χ0) is 10.7. The summed E-state index contributed by atoms with van der Waals surface area (Å²) < 4.78 is 25.9. The molecule has 0 atom stereocenters. The summed E-state index contributed by atoms with van der Waals surface area (Å²) >= 11 is 0. The molecule has 0 aliphatic carbocycles. The van der Waals surface area contributed by atoms with Gasteiger partial charge >= 0.3 is 0 Å². The Labute approximate surface area is 83.2 Å². The standard InChI is InChI=1S/C12H9FO/c13-11-8-4-5-9-12(11)14-10-6-2-1-3-7-10/h1-9H/i8D. The first-order valence-electron chi connectivity index (χ1n) is 4.75. The maximum atomic E-state index is 13.4. The fraction of sp³-hybridized carbons (Fsp3) is 0. The fourth-order valence-corrected chi connectivity index (χ4v) is 1.10. The highest BCUT2D eigenvalue weighted by atomic mass is 19.1. The van der Waals surface area contributed by atoms with Crippen molar-refractivity contribution in [3.8, 4) is 11.5 Å². The van der Waals surface area contributed by atoms with Crippen molar-refractivity contribution >= 4 is 0 Å². The normalized spacial score (nSPS) is 10.8. The SMILES string of the molecule is [2H]c1cccc(Oc2ccccc2)c1F. The molecule has 0 saturated heterocycles. The van der Waals surface area contributed by atoms with Gasteiger partial charge in [0.2, 0.25) is 0 Å². The lowest BCUT2D eigenvalue weighted by atomic mass is 10.3. The molecule has 0 radical (unpaired) electrons. The number of benzene rings is 2. The number of hydrogen-bond donors (Lipinski definition) is 0. The second kappa shape index (κ2) is 3.92. The van der Waals surface area contributed by atoms with Crippen molar-refractivity contribution in [3.63, 3.8) is 0 Å². The van der Waals surface area contributed by atoms with Crippen LogP contribution in [0.3, 0.4) is 0 Å². The predicted octanol–water partition coefficient (Wildman–Crippen LogP) is 3.62. The van der Waals surface area contributed by atoms with Gasteiger partial charge in [0, 0.05) is 0 Å². The second-order valence-corrected chi connectivity index (χ2v) is 2.76. The van der Waals surface area contributed by atoms with E-state index in [0.29, 0.717) is 5.75 Å². The molecule has 0 unspecified atom stereocenters. The van der Waals surface area contributed by atoms with Crippen LogP contribution in [0.5, 0.6) is 11.5 Å². The van der Waals surface area contributed by atoms with Gasteiger partial charge in [0.25, 0.3) is 0 Å². The lowest BCUT2D eigenvalue weighted by molar-refractivity contribution is 0.442. The van der Waals surface area contributed by atoms with Crippen molar-refractivity contribution in [1.29, 1.82) is 0 Å². The third-order valence-electron chi connectivity index (χ3n) is 1.74. The molecule has 2 aromatic carbocycles. The number of ether oxygens (including phenoxy) is 1. The molecule has 0 amide bonds. The smallest absolute Gasteiger partial charge is 0.165 e. The van der Waals surface area contributed by atoms with E-state index in [0.717, 1.165) is 0 Å². The van der Waals surface area contributed by atoms with E-state index < -0.39 is 5.82 Å². The third-order valence-corrected chi connectivity index (χ3v) is 1.74. The summed E-state index contributed by atoms with van der Waals surface area (Å²) in [4.78, 5) is 0. The van der Waals surface area contributed by atoms with Gasteiger partial charge in [-0.2, -0.15) is 0 Å². The monoisotopic (exact) mass is 189 g/mol. The molecule has 0 fully saturated rings. The average Bonchev–Trinajstić information content (AvgIpc) is 2.26. The van der Waals surface area contributed by atoms with Crippen LogP contribution in [0.1, 0.15) is 1.37 Å². The van der Waals surface area contributed by atoms with Crippen LogP contribution in [0.2, 0.25) is 0 Å². The molecule has 0 N–H and O–H groups in total. The summed E-state index contributed by atoms with van der Waals surface area (Å²) in [6.07, 6.45) is 0. The van der Waals surface area contributed by atoms with Gasteiger partial charge in [0.1, 0.15) is 5.75 Å². The van der Waals surface area contributed by atoms with E-state index in [2.05, 4.69) is 0 Å². The molecular formula is C12H9FO. The summed E-state index contributed by atoms with van der Waals surface area (Å²) in [5.74, 6) is -0.00273. The van der Waals surface area contributed by atoms with Gasteiger partial charge in [-0.15, -0.1) is 0 Å². The Balaban J connectivity index is 2.29. The minimum absolute atomic E-state index is 0.0775. The number of hydrogen-bond acceptors (Lipinski definition) is 1. The summed E-state index contributed by atoms with van der Waals surface area (Å²) in [6.45, 7) is 0. The summed E-state index contributed by atoms with van der Waals surface area (Å²) in [7, 11) is 0. The van der Waals surface area contributed by atoms with Crippen LogP contribution in [0.25, 0.3) is 0 Å². The zero-order valence-corrected chi connectivity index (χ0v) is 7.41. The molecule has 0 saturated carbocycles. The first-order chi connectivity index (χ1) is 7.27. The lowest BCUT2D eigenvalue weighted by Crippen LogP contribution is -1.86. The molecule has 70 valence electrons. The fourth-order valence-electron chi connectivity index (χ4n) is 1.10. The van der Waals surface area contributed by atoms with E-state index in [1.54, 1.807) is 30.3 Å². The molecule has 0 aliphatic rings. The summed E-state index contributed by atoms with van der Waals surface area (Å²) in [6, 6.07) is 13.2. The van der Waals surface area contributed by atoms with Crippen LogP contribution >= 0.6 is 0 Å². The van der Waals surface area contributed by atoms with Gasteiger partial charge < -0.3 is 4.74 Å². The van der Waals surface area contributed by atoms with Gasteiger partial charge in [-0.3, -0.25) is 0 Å². The molecule has 0 aliphatic heterocycles. The van der Waals surface area contributed by atoms with Crippen LogP contribution in [0.15, 0.2) is 54.6 Å². The highest BCUT2D eigenvalue weighted by Crippen LogP contribution is 2.23. The van der Waals surface area contributed by atoms with Gasteiger partial charge in [-0.1, -0.05) is 30.3 Å². The Hall–Kier alpha value is -1.83. The minimum Gasteiger partial charge on any atom is -0.454 e. The van der Waals surface area contributed by atoms with Crippen LogP contribution in [0, 0.1) is 5.82 Å². The third kappa shape index (κ3) is 1.91. The molecule has 2 aromatic rings. The Morgan fingerprint density at radius 3 is 2.50 bits per heavy atom. The van der Waals surface area contributed by atoms with E-state index in [-0.39, 0.29) is 11.8 Å². The van der Waals surface area contributed by atoms with Crippen LogP contribution in [-0.4, -0.2) is 0 Å². The van der Waals surface area contributed by atoms with Crippen molar-refractivity contribution < 1.29 is 10.5 Å². The molecule has 0 spiro atoms. The average molecular weight is 189 g/mol. The molecular weight excluding hydrogens is 179 g/mol. The van der Waals surface area contributed by atoms with E-state index in [9.17, 15) is 4.39 Å². The molecule has 0 aromatic heterocycles. The predicted molar refractivity (Wildman–Crippen MR) is 52.9 cm³/mol. The second-order valence-electron chi connectivity index (χ2n) is 2.76. The van der Waals surface area contributed by atoms with Gasteiger partial charge in [-0.25, -0.2) is 4.39 Å². The Morgan fingerprint density at radius 2 is 1.71 bits per heavy atom. The largest absolute Gasteiger partial charge is 0.454 e. The quantitative estimate of drug-likeness (QED) is 0.701. The molecule has 0 heterocycles. The van der Waals surface area contributed by atoms with Crippen molar-refractivity contribution in [2.24, 2.45) is 0 Å².